The summed E-state index contributed by atoms with van der Waals surface area (Å²) in [5.41, 5.74) is 4.78. The van der Waals surface area contributed by atoms with Gasteiger partial charge in [-0.2, -0.15) is 16.8 Å². The first kappa shape index (κ1) is 14.7. The largest absolute Gasteiger partial charge is 0.401 e. The fourth-order valence-corrected chi connectivity index (χ4v) is 3.42. The third-order valence-electron chi connectivity index (χ3n) is 2.77. The topological polar surface area (TPSA) is 152 Å². The maximum Gasteiger partial charge on any atom is 0.294 e. The van der Waals surface area contributed by atoms with Crippen LogP contribution in [0.5, 0.6) is 0 Å². The molecule has 0 heterocycles. The summed E-state index contributed by atoms with van der Waals surface area (Å²) < 4.78 is 62.9. The Kier molecular flexibility index (Phi) is 3.21. The van der Waals surface area contributed by atoms with E-state index in [0.29, 0.717) is 6.08 Å². The molecular weight excluding hydrogens is 310 g/mol. The van der Waals surface area contributed by atoms with Crippen LogP contribution in [0.3, 0.4) is 0 Å². The Balaban J connectivity index is 2.72. The van der Waals surface area contributed by atoms with Gasteiger partial charge in [-0.05, 0) is 23.8 Å². The van der Waals surface area contributed by atoms with Crippen LogP contribution in [0.1, 0.15) is 0 Å². The van der Waals surface area contributed by atoms with E-state index in [1.165, 1.54) is 6.08 Å². The smallest absolute Gasteiger partial charge is 0.294 e. The van der Waals surface area contributed by atoms with Gasteiger partial charge in [0.15, 0.2) is 11.0 Å². The highest BCUT2D eigenvalue weighted by Crippen LogP contribution is 2.33. The molecule has 8 nitrogen and oxygen atoms in total. The van der Waals surface area contributed by atoms with Gasteiger partial charge in [0.2, 0.25) is 0 Å². The first-order valence-electron chi connectivity index (χ1n) is 5.11. The van der Waals surface area contributed by atoms with Crippen LogP contribution in [0, 0.1) is 0 Å². The zero-order valence-corrected chi connectivity index (χ0v) is 11.3. The second kappa shape index (κ2) is 4.38. The highest BCUT2D eigenvalue weighted by Gasteiger charge is 2.38. The van der Waals surface area contributed by atoms with Gasteiger partial charge in [-0.3, -0.25) is 13.9 Å². The minimum absolute atomic E-state index is 0.116. The van der Waals surface area contributed by atoms with Crippen molar-refractivity contribution >= 4 is 26.0 Å². The third kappa shape index (κ3) is 2.45. The Hall–Kier alpha value is -1.75. The van der Waals surface area contributed by atoms with Gasteiger partial charge >= 0.3 is 0 Å². The van der Waals surface area contributed by atoms with Crippen molar-refractivity contribution in [1.82, 2.24) is 0 Å². The van der Waals surface area contributed by atoms with Crippen molar-refractivity contribution in [3.63, 3.8) is 0 Å². The average molecular weight is 319 g/mol. The maximum atomic E-state index is 11.8. The van der Waals surface area contributed by atoms with Gasteiger partial charge in [-0.15, -0.1) is 0 Å². The van der Waals surface area contributed by atoms with Gasteiger partial charge in [-0.1, -0.05) is 0 Å². The van der Waals surface area contributed by atoms with E-state index in [1.54, 1.807) is 0 Å². The van der Waals surface area contributed by atoms with Crippen molar-refractivity contribution < 1.29 is 30.7 Å². The van der Waals surface area contributed by atoms with Crippen molar-refractivity contribution in [3.05, 3.63) is 46.1 Å². The summed E-state index contributed by atoms with van der Waals surface area (Å²) in [7, 11) is -9.39. The highest BCUT2D eigenvalue weighted by atomic mass is 32.2. The van der Waals surface area contributed by atoms with Crippen molar-refractivity contribution in [3.8, 4) is 0 Å². The summed E-state index contributed by atoms with van der Waals surface area (Å²) in [5, 5.41) is -1.75. The molecule has 4 N–H and O–H groups in total. The standard InChI is InChI=1S/C10H9NO7S2/c11-8-2-1-6-7(10(8)20(16,17)18)3-5(4-9(6)12)19(13,14)15/h1-4,10H,11H2,(H,13,14,15)(H,16,17,18). The molecular formula is C10H9NO7S2. The molecule has 0 spiro atoms. The van der Waals surface area contributed by atoms with E-state index in [4.69, 9.17) is 14.8 Å². The van der Waals surface area contributed by atoms with Gasteiger partial charge in [0, 0.05) is 17.3 Å². The molecule has 0 amide bonds. The molecule has 0 radical (unpaired) electrons. The van der Waals surface area contributed by atoms with Crippen LogP contribution >= 0.6 is 0 Å². The third-order valence-corrected chi connectivity index (χ3v) is 4.72. The highest BCUT2D eigenvalue weighted by molar-refractivity contribution is 7.90. The van der Waals surface area contributed by atoms with Crippen LogP contribution < -0.4 is 5.73 Å². The van der Waals surface area contributed by atoms with E-state index in [2.05, 4.69) is 0 Å². The molecule has 0 bridgehead atoms. The number of allylic oxidation sites excluding steroid dienone is 5. The summed E-state index contributed by atoms with van der Waals surface area (Å²) in [5.74, 6) is -0.812. The molecule has 0 aromatic carbocycles. The van der Waals surface area contributed by atoms with Crippen LogP contribution in [0.4, 0.5) is 0 Å². The zero-order valence-electron chi connectivity index (χ0n) is 9.72. The van der Waals surface area contributed by atoms with Crippen molar-refractivity contribution in [2.45, 2.75) is 5.25 Å². The normalized spacial score (nSPS) is 23.3. The molecule has 2 aliphatic carbocycles. The predicted octanol–water partition coefficient (Wildman–Crippen LogP) is -0.694. The van der Waals surface area contributed by atoms with E-state index in [9.17, 15) is 21.6 Å². The lowest BCUT2D eigenvalue weighted by molar-refractivity contribution is -0.111. The van der Waals surface area contributed by atoms with Crippen molar-refractivity contribution in [1.29, 1.82) is 0 Å². The quantitative estimate of drug-likeness (QED) is 0.565. The number of fused-ring (bicyclic) bond motifs is 1. The lowest BCUT2D eigenvalue weighted by Crippen LogP contribution is -2.34. The average Bonchev–Trinajstić information content (AvgIpc) is 2.24. The molecule has 0 aliphatic heterocycles. The Labute approximate surface area is 114 Å². The second-order valence-electron chi connectivity index (χ2n) is 4.13. The number of rotatable bonds is 2. The fraction of sp³-hybridized carbons (Fsp3) is 0.100. The molecule has 10 heteroatoms. The molecule has 0 aromatic heterocycles. The molecule has 108 valence electrons. The Morgan fingerprint density at radius 2 is 1.65 bits per heavy atom. The van der Waals surface area contributed by atoms with E-state index in [-0.39, 0.29) is 16.8 Å². The molecule has 1 atom stereocenters. The minimum Gasteiger partial charge on any atom is -0.401 e. The number of hydrogen-bond donors (Lipinski definition) is 3. The molecule has 0 saturated carbocycles. The van der Waals surface area contributed by atoms with E-state index < -0.39 is 36.2 Å². The van der Waals surface area contributed by atoms with Crippen LogP contribution in [0.25, 0.3) is 0 Å². The van der Waals surface area contributed by atoms with Crippen LogP contribution in [0.15, 0.2) is 46.1 Å². The molecule has 20 heavy (non-hydrogen) atoms. The molecule has 2 aliphatic rings. The van der Waals surface area contributed by atoms with Crippen LogP contribution in [-0.2, 0) is 25.0 Å². The number of ketones is 1. The van der Waals surface area contributed by atoms with Crippen LogP contribution in [-0.4, -0.2) is 37.0 Å². The summed E-state index contributed by atoms with van der Waals surface area (Å²) in [6, 6.07) is 0. The Bertz CT molecular complexity index is 825. The summed E-state index contributed by atoms with van der Waals surface area (Å²) >= 11 is 0. The van der Waals surface area contributed by atoms with Gasteiger partial charge in [-0.25, -0.2) is 0 Å². The van der Waals surface area contributed by atoms with E-state index >= 15 is 0 Å². The van der Waals surface area contributed by atoms with Crippen LogP contribution in [0.2, 0.25) is 0 Å². The number of hydrogen-bond acceptors (Lipinski definition) is 6. The summed E-state index contributed by atoms with van der Waals surface area (Å²) in [6.07, 6.45) is 3.79. The van der Waals surface area contributed by atoms with Crippen molar-refractivity contribution in [2.24, 2.45) is 5.73 Å². The SMILES string of the molecule is NC1=CC=C2C(=O)C=C(S(=O)(=O)O)C=C2C1S(=O)(=O)O. The summed E-state index contributed by atoms with van der Waals surface area (Å²) in [4.78, 5) is 11.0. The first-order valence-corrected chi connectivity index (χ1v) is 8.05. The molecule has 1 unspecified atom stereocenters. The lowest BCUT2D eigenvalue weighted by atomic mass is 9.89. The first-order chi connectivity index (χ1) is 9.01. The maximum absolute atomic E-state index is 11.8. The number of carbonyl (C=O) groups is 1. The zero-order chi connectivity index (χ0) is 15.3. The Morgan fingerprint density at radius 3 is 2.15 bits per heavy atom. The van der Waals surface area contributed by atoms with Gasteiger partial charge < -0.3 is 5.73 Å². The fourth-order valence-electron chi connectivity index (χ4n) is 1.95. The summed E-state index contributed by atoms with van der Waals surface area (Å²) in [6.45, 7) is 0. The lowest BCUT2D eigenvalue weighted by Gasteiger charge is -2.25. The molecule has 0 saturated heterocycles. The minimum atomic E-state index is -4.70. The molecule has 0 aromatic rings. The second-order valence-corrected chi connectivity index (χ2v) is 7.05. The number of carbonyl (C=O) groups excluding carboxylic acids is 1. The molecule has 2 rings (SSSR count). The van der Waals surface area contributed by atoms with Gasteiger partial charge in [0.25, 0.3) is 20.2 Å². The Morgan fingerprint density at radius 1 is 1.05 bits per heavy atom. The number of nitrogens with two attached hydrogens (primary N) is 1. The predicted molar refractivity (Wildman–Crippen MR) is 68.4 cm³/mol. The molecule has 0 fully saturated rings. The van der Waals surface area contributed by atoms with Crippen molar-refractivity contribution in [2.75, 3.05) is 0 Å². The van der Waals surface area contributed by atoms with Gasteiger partial charge in [0.1, 0.15) is 0 Å². The monoisotopic (exact) mass is 319 g/mol. The van der Waals surface area contributed by atoms with E-state index in [0.717, 1.165) is 12.2 Å². The van der Waals surface area contributed by atoms with E-state index in [1.807, 2.05) is 0 Å². The van der Waals surface area contributed by atoms with Gasteiger partial charge in [0.05, 0.1) is 4.91 Å².